The van der Waals surface area contributed by atoms with Gasteiger partial charge in [0.25, 0.3) is 0 Å². The molecule has 1 spiro atoms. The SMILES string of the molecule is COc1cccc(C(=O)[C@@H]2[C@H](C(=O)c3ccccc3F)[C@]3(C(=O)Nc4ccccc43)[C@@H]3C=C(C)c4ccccc4N23)c1. The van der Waals surface area contributed by atoms with Gasteiger partial charge >= 0.3 is 0 Å². The van der Waals surface area contributed by atoms with Gasteiger partial charge in [-0.15, -0.1) is 0 Å². The maximum absolute atomic E-state index is 15.3. The number of Topliss-reactive ketones (excluding diaryl/α,β-unsaturated/α-hetero) is 2. The zero-order valence-corrected chi connectivity index (χ0v) is 23.0. The number of ketones is 2. The highest BCUT2D eigenvalue weighted by molar-refractivity contribution is 6.18. The van der Waals surface area contributed by atoms with E-state index in [0.717, 1.165) is 16.8 Å². The van der Waals surface area contributed by atoms with Crippen molar-refractivity contribution in [2.75, 3.05) is 17.3 Å². The molecule has 7 heteroatoms. The first kappa shape index (κ1) is 25.9. The molecule has 3 heterocycles. The molecule has 1 saturated heterocycles. The maximum atomic E-state index is 15.3. The highest BCUT2D eigenvalue weighted by Gasteiger charge is 2.70. The molecule has 3 aliphatic rings. The summed E-state index contributed by atoms with van der Waals surface area (Å²) >= 11 is 0. The van der Waals surface area contributed by atoms with Crippen LogP contribution in [0.1, 0.15) is 38.8 Å². The number of allylic oxidation sites excluding steroid dienone is 1. The van der Waals surface area contributed by atoms with E-state index in [4.69, 9.17) is 4.74 Å². The third kappa shape index (κ3) is 3.46. The smallest absolute Gasteiger partial charge is 0.238 e. The molecule has 1 amide bonds. The van der Waals surface area contributed by atoms with E-state index < -0.39 is 40.9 Å². The van der Waals surface area contributed by atoms with Crippen LogP contribution in [0.3, 0.4) is 0 Å². The number of carbonyl (C=O) groups excluding carboxylic acids is 3. The molecule has 3 aliphatic heterocycles. The Labute approximate surface area is 242 Å². The fraction of sp³-hybridized carbons (Fsp3) is 0.171. The second kappa shape index (κ2) is 9.52. The fourth-order valence-corrected chi connectivity index (χ4v) is 7.16. The summed E-state index contributed by atoms with van der Waals surface area (Å²) in [5.74, 6) is -2.81. The lowest BCUT2D eigenvalue weighted by Gasteiger charge is -2.39. The summed E-state index contributed by atoms with van der Waals surface area (Å²) in [5, 5.41) is 3.00. The monoisotopic (exact) mass is 558 g/mol. The molecule has 0 aromatic heterocycles. The molecule has 4 aromatic carbocycles. The Morgan fingerprint density at radius 2 is 1.64 bits per heavy atom. The molecular formula is C35H27FN2O4. The average Bonchev–Trinajstić information content (AvgIpc) is 3.49. The predicted octanol–water partition coefficient (Wildman–Crippen LogP) is 6.08. The number of para-hydroxylation sites is 2. The number of hydrogen-bond donors (Lipinski definition) is 1. The van der Waals surface area contributed by atoms with Gasteiger partial charge in [-0.2, -0.15) is 0 Å². The van der Waals surface area contributed by atoms with E-state index in [1.807, 2.05) is 60.4 Å². The molecule has 0 unspecified atom stereocenters. The number of halogens is 1. The Bertz CT molecular complexity index is 1830. The summed E-state index contributed by atoms with van der Waals surface area (Å²) in [4.78, 5) is 45.8. The van der Waals surface area contributed by atoms with E-state index in [0.29, 0.717) is 22.6 Å². The van der Waals surface area contributed by atoms with Gasteiger partial charge in [0.05, 0.1) is 24.6 Å². The number of fused-ring (bicyclic) bond motifs is 6. The molecule has 7 rings (SSSR count). The van der Waals surface area contributed by atoms with Gasteiger partial charge in [0.15, 0.2) is 11.6 Å². The second-order valence-corrected chi connectivity index (χ2v) is 11.0. The van der Waals surface area contributed by atoms with Gasteiger partial charge in [-0.05, 0) is 54.5 Å². The summed E-state index contributed by atoms with van der Waals surface area (Å²) in [6, 6.07) is 25.6. The Hall–Kier alpha value is -5.04. The van der Waals surface area contributed by atoms with Crippen LogP contribution in [-0.2, 0) is 10.2 Å². The van der Waals surface area contributed by atoms with Gasteiger partial charge < -0.3 is 15.0 Å². The summed E-state index contributed by atoms with van der Waals surface area (Å²) in [6.45, 7) is 1.97. The van der Waals surface area contributed by atoms with Crippen LogP contribution in [0.4, 0.5) is 15.8 Å². The molecule has 0 saturated carbocycles. The van der Waals surface area contributed by atoms with Gasteiger partial charge in [-0.1, -0.05) is 66.7 Å². The van der Waals surface area contributed by atoms with Crippen molar-refractivity contribution in [1.82, 2.24) is 0 Å². The van der Waals surface area contributed by atoms with Crippen molar-refractivity contribution in [3.8, 4) is 5.75 Å². The minimum atomic E-state index is -1.51. The minimum absolute atomic E-state index is 0.156. The number of methoxy groups -OCH3 is 1. The lowest BCUT2D eigenvalue weighted by atomic mass is 9.64. The van der Waals surface area contributed by atoms with Crippen molar-refractivity contribution in [2.45, 2.75) is 24.4 Å². The number of benzene rings is 4. The van der Waals surface area contributed by atoms with Gasteiger partial charge in [-0.25, -0.2) is 4.39 Å². The quantitative estimate of drug-likeness (QED) is 0.301. The molecule has 42 heavy (non-hydrogen) atoms. The first-order valence-corrected chi connectivity index (χ1v) is 13.8. The Kier molecular flexibility index (Phi) is 5.87. The number of amides is 1. The normalized spacial score (nSPS) is 23.5. The van der Waals surface area contributed by atoms with Crippen LogP contribution in [-0.4, -0.2) is 36.7 Å². The molecule has 1 N–H and O–H groups in total. The van der Waals surface area contributed by atoms with Gasteiger partial charge in [0.1, 0.15) is 23.0 Å². The van der Waals surface area contributed by atoms with Crippen LogP contribution in [0.5, 0.6) is 5.75 Å². The number of carbonyl (C=O) groups is 3. The number of nitrogens with one attached hydrogen (secondary N) is 1. The Morgan fingerprint density at radius 1 is 0.905 bits per heavy atom. The average molecular weight is 559 g/mol. The van der Waals surface area contributed by atoms with Gasteiger partial charge in [-0.3, -0.25) is 14.4 Å². The van der Waals surface area contributed by atoms with Crippen molar-refractivity contribution < 1.29 is 23.5 Å². The number of anilines is 2. The van der Waals surface area contributed by atoms with Crippen molar-refractivity contribution in [3.63, 3.8) is 0 Å². The van der Waals surface area contributed by atoms with E-state index in [1.54, 1.807) is 36.4 Å². The second-order valence-electron chi connectivity index (χ2n) is 11.0. The third-order valence-corrected chi connectivity index (χ3v) is 8.93. The third-order valence-electron chi connectivity index (χ3n) is 8.93. The number of ether oxygens (including phenoxy) is 1. The number of rotatable bonds is 5. The maximum Gasteiger partial charge on any atom is 0.238 e. The zero-order valence-electron chi connectivity index (χ0n) is 23.0. The number of nitrogens with zero attached hydrogens (tertiary/aromatic N) is 1. The fourth-order valence-electron chi connectivity index (χ4n) is 7.16. The summed E-state index contributed by atoms with van der Waals surface area (Å²) < 4.78 is 20.7. The van der Waals surface area contributed by atoms with Crippen LogP contribution in [0.15, 0.2) is 103 Å². The highest BCUT2D eigenvalue weighted by Crippen LogP contribution is 2.59. The molecule has 6 nitrogen and oxygen atoms in total. The van der Waals surface area contributed by atoms with Crippen molar-refractivity contribution in [3.05, 3.63) is 131 Å². The Balaban J connectivity index is 1.56. The van der Waals surface area contributed by atoms with E-state index in [9.17, 15) is 14.4 Å². The van der Waals surface area contributed by atoms with Crippen LogP contribution in [0.2, 0.25) is 0 Å². The first-order valence-electron chi connectivity index (χ1n) is 13.8. The first-order chi connectivity index (χ1) is 20.4. The van der Waals surface area contributed by atoms with Crippen LogP contribution in [0.25, 0.3) is 5.57 Å². The van der Waals surface area contributed by atoms with Crippen molar-refractivity contribution in [1.29, 1.82) is 0 Å². The van der Waals surface area contributed by atoms with E-state index in [2.05, 4.69) is 5.32 Å². The van der Waals surface area contributed by atoms with Gasteiger partial charge in [0.2, 0.25) is 5.91 Å². The van der Waals surface area contributed by atoms with E-state index in [1.165, 1.54) is 25.3 Å². The standard InChI is InChI=1S/C35H27FN2O4/c1-20-18-29-35(25-14-5-7-16-27(25)37-34(35)41)30(33(40)24-13-3-6-15-26(24)36)31(38(29)28-17-8-4-12-23(20)28)32(39)21-10-9-11-22(19-21)42-2/h3-19,29-31H,1-2H3,(H,37,41)/t29-,30+,31-,35+/m0/s1. The lowest BCUT2D eigenvalue weighted by Crippen LogP contribution is -2.51. The molecule has 4 aromatic rings. The van der Waals surface area contributed by atoms with Crippen molar-refractivity contribution in [2.24, 2.45) is 5.92 Å². The highest BCUT2D eigenvalue weighted by atomic mass is 19.1. The topological polar surface area (TPSA) is 75.7 Å². The molecule has 0 radical (unpaired) electrons. The molecular weight excluding hydrogens is 531 g/mol. The summed E-state index contributed by atoms with van der Waals surface area (Å²) in [6.07, 6.45) is 1.98. The van der Waals surface area contributed by atoms with Crippen molar-refractivity contribution >= 4 is 34.4 Å². The lowest BCUT2D eigenvalue weighted by molar-refractivity contribution is -0.121. The zero-order chi connectivity index (χ0) is 29.2. The predicted molar refractivity (Wildman–Crippen MR) is 158 cm³/mol. The molecule has 1 fully saturated rings. The molecule has 0 bridgehead atoms. The molecule has 0 aliphatic carbocycles. The number of hydrogen-bond acceptors (Lipinski definition) is 5. The summed E-state index contributed by atoms with van der Waals surface area (Å²) in [5.41, 5.74) is 2.42. The van der Waals surface area contributed by atoms with Gasteiger partial charge in [0, 0.05) is 22.5 Å². The summed E-state index contributed by atoms with van der Waals surface area (Å²) in [7, 11) is 1.52. The molecule has 208 valence electrons. The Morgan fingerprint density at radius 3 is 2.45 bits per heavy atom. The van der Waals surface area contributed by atoms with E-state index >= 15 is 4.39 Å². The van der Waals surface area contributed by atoms with Crippen LogP contribution in [0, 0.1) is 11.7 Å². The largest absolute Gasteiger partial charge is 0.497 e. The van der Waals surface area contributed by atoms with E-state index in [-0.39, 0.29) is 11.3 Å². The minimum Gasteiger partial charge on any atom is -0.497 e. The molecule has 4 atom stereocenters. The van der Waals surface area contributed by atoms with Crippen LogP contribution < -0.4 is 15.0 Å². The van der Waals surface area contributed by atoms with Crippen LogP contribution >= 0.6 is 0 Å².